The maximum Gasteiger partial charge on any atom is 0.223 e. The first-order chi connectivity index (χ1) is 13.6. The first kappa shape index (κ1) is 19.1. The highest BCUT2D eigenvalue weighted by molar-refractivity contribution is 5.76. The molecule has 0 bridgehead atoms. The van der Waals surface area contributed by atoms with Crippen molar-refractivity contribution in [2.75, 3.05) is 13.1 Å². The highest BCUT2D eigenvalue weighted by Gasteiger charge is 2.29. The molecule has 1 aliphatic heterocycles. The van der Waals surface area contributed by atoms with E-state index in [1.807, 2.05) is 4.90 Å². The summed E-state index contributed by atoms with van der Waals surface area (Å²) in [7, 11) is 0. The Bertz CT molecular complexity index is 792. The Kier molecular flexibility index (Phi) is 5.73. The van der Waals surface area contributed by atoms with Crippen LogP contribution in [0.15, 0.2) is 10.7 Å². The summed E-state index contributed by atoms with van der Waals surface area (Å²) in [6, 6.07) is 0.322. The summed E-state index contributed by atoms with van der Waals surface area (Å²) < 4.78 is 7.93. The van der Waals surface area contributed by atoms with E-state index >= 15 is 0 Å². The van der Waals surface area contributed by atoms with Crippen molar-refractivity contribution in [2.45, 2.75) is 83.1 Å². The molecule has 1 aliphatic carbocycles. The molecule has 0 N–H and O–H groups in total. The summed E-state index contributed by atoms with van der Waals surface area (Å²) in [5, 5.41) is 16.8. The van der Waals surface area contributed by atoms with Crippen molar-refractivity contribution in [1.29, 1.82) is 0 Å². The van der Waals surface area contributed by atoms with Gasteiger partial charge in [-0.25, -0.2) is 0 Å². The number of hydrogen-bond donors (Lipinski definition) is 0. The number of amides is 1. The molecule has 1 amide bonds. The smallest absolute Gasteiger partial charge is 0.223 e. The third-order valence-corrected chi connectivity index (χ3v) is 6.04. The molecular formula is C20H30N6O2. The number of carbonyl (C=O) groups is 1. The van der Waals surface area contributed by atoms with Crippen molar-refractivity contribution >= 4 is 5.91 Å². The number of piperidine rings is 1. The molecule has 1 atom stereocenters. The van der Waals surface area contributed by atoms with Crippen LogP contribution in [0.25, 0.3) is 0 Å². The van der Waals surface area contributed by atoms with E-state index in [0.29, 0.717) is 37.2 Å². The monoisotopic (exact) mass is 386 g/mol. The molecule has 2 aromatic heterocycles. The van der Waals surface area contributed by atoms with Crippen LogP contribution in [0.2, 0.25) is 0 Å². The summed E-state index contributed by atoms with van der Waals surface area (Å²) >= 11 is 0. The maximum absolute atomic E-state index is 12.8. The lowest BCUT2D eigenvalue weighted by Crippen LogP contribution is -2.40. The van der Waals surface area contributed by atoms with Gasteiger partial charge in [0, 0.05) is 43.8 Å². The highest BCUT2D eigenvalue weighted by atomic mass is 16.4. The van der Waals surface area contributed by atoms with Crippen LogP contribution >= 0.6 is 0 Å². The van der Waals surface area contributed by atoms with E-state index in [1.54, 1.807) is 6.33 Å². The van der Waals surface area contributed by atoms with Crippen molar-refractivity contribution in [3.63, 3.8) is 0 Å². The Morgan fingerprint density at radius 3 is 2.71 bits per heavy atom. The number of aryl methyl sites for hydroxylation is 1. The van der Waals surface area contributed by atoms with E-state index in [2.05, 4.69) is 38.8 Å². The van der Waals surface area contributed by atoms with Crippen molar-refractivity contribution in [1.82, 2.24) is 29.9 Å². The van der Waals surface area contributed by atoms with E-state index < -0.39 is 0 Å². The van der Waals surface area contributed by atoms with Gasteiger partial charge in [0.2, 0.25) is 17.7 Å². The van der Waals surface area contributed by atoms with E-state index in [1.165, 1.54) is 12.8 Å². The molecule has 1 saturated heterocycles. The molecule has 2 fully saturated rings. The summed E-state index contributed by atoms with van der Waals surface area (Å²) in [5.74, 6) is 3.15. The van der Waals surface area contributed by atoms with E-state index in [0.717, 1.165) is 43.9 Å². The third kappa shape index (κ3) is 4.10. The summed E-state index contributed by atoms with van der Waals surface area (Å²) in [6.07, 6.45) is 9.50. The molecule has 28 heavy (non-hydrogen) atoms. The first-order valence-electron chi connectivity index (χ1n) is 10.6. The lowest BCUT2D eigenvalue weighted by atomic mass is 9.96. The van der Waals surface area contributed by atoms with Crippen LogP contribution in [-0.2, 0) is 11.2 Å². The van der Waals surface area contributed by atoms with Gasteiger partial charge >= 0.3 is 0 Å². The van der Waals surface area contributed by atoms with E-state index in [9.17, 15) is 4.79 Å². The average Bonchev–Trinajstić information content (AvgIpc) is 3.47. The number of rotatable bonds is 6. The lowest BCUT2D eigenvalue weighted by molar-refractivity contribution is -0.132. The maximum atomic E-state index is 12.8. The molecule has 2 aliphatic rings. The van der Waals surface area contributed by atoms with Gasteiger partial charge in [0.25, 0.3) is 0 Å². The van der Waals surface area contributed by atoms with Gasteiger partial charge in [-0.05, 0) is 39.5 Å². The third-order valence-electron chi connectivity index (χ3n) is 6.04. The van der Waals surface area contributed by atoms with Gasteiger partial charge < -0.3 is 13.9 Å². The zero-order chi connectivity index (χ0) is 19.5. The fraction of sp³-hybridized carbons (Fsp3) is 0.750. The van der Waals surface area contributed by atoms with Gasteiger partial charge in [0.15, 0.2) is 0 Å². The Hall–Kier alpha value is -2.25. The SMILES string of the molecule is CC(C)n1cnnc1C1CCCN(C(=O)CCc2nnc(C3CCCC3)o2)C1. The summed E-state index contributed by atoms with van der Waals surface area (Å²) in [5.41, 5.74) is 0. The number of aromatic nitrogens is 5. The molecular weight excluding hydrogens is 356 g/mol. The van der Waals surface area contributed by atoms with Gasteiger partial charge in [-0.15, -0.1) is 20.4 Å². The molecule has 0 aromatic carbocycles. The van der Waals surface area contributed by atoms with Gasteiger partial charge in [0.1, 0.15) is 12.2 Å². The molecule has 3 heterocycles. The second-order valence-corrected chi connectivity index (χ2v) is 8.38. The van der Waals surface area contributed by atoms with Gasteiger partial charge in [-0.1, -0.05) is 12.8 Å². The molecule has 1 saturated carbocycles. The zero-order valence-electron chi connectivity index (χ0n) is 16.9. The molecule has 0 radical (unpaired) electrons. The number of likely N-dealkylation sites (tertiary alicyclic amines) is 1. The van der Waals surface area contributed by atoms with Crippen LogP contribution in [-0.4, -0.2) is 48.9 Å². The Morgan fingerprint density at radius 2 is 1.93 bits per heavy atom. The molecule has 8 heteroatoms. The topological polar surface area (TPSA) is 89.9 Å². The second-order valence-electron chi connectivity index (χ2n) is 8.38. The number of nitrogens with zero attached hydrogens (tertiary/aromatic N) is 6. The fourth-order valence-electron chi connectivity index (χ4n) is 4.43. The van der Waals surface area contributed by atoms with Gasteiger partial charge in [0.05, 0.1) is 0 Å². The normalized spacial score (nSPS) is 21.0. The average molecular weight is 387 g/mol. The molecule has 152 valence electrons. The number of carbonyl (C=O) groups excluding carboxylic acids is 1. The van der Waals surface area contributed by atoms with Crippen LogP contribution in [0.5, 0.6) is 0 Å². The van der Waals surface area contributed by atoms with Crippen LogP contribution < -0.4 is 0 Å². The molecule has 1 unspecified atom stereocenters. The van der Waals surface area contributed by atoms with Gasteiger partial charge in [-0.3, -0.25) is 4.79 Å². The standard InChI is InChI=1S/C20H30N6O2/c1-14(2)26-13-21-23-19(26)16-8-5-11-25(12-16)18(27)10-9-17-22-24-20(28-17)15-6-3-4-7-15/h13-16H,3-12H2,1-2H3. The van der Waals surface area contributed by atoms with E-state index in [4.69, 9.17) is 4.42 Å². The van der Waals surface area contributed by atoms with Crippen molar-refractivity contribution in [3.8, 4) is 0 Å². The molecule has 8 nitrogen and oxygen atoms in total. The largest absolute Gasteiger partial charge is 0.425 e. The minimum atomic E-state index is 0.154. The minimum Gasteiger partial charge on any atom is -0.425 e. The number of hydrogen-bond acceptors (Lipinski definition) is 6. The van der Waals surface area contributed by atoms with Crippen molar-refractivity contribution in [3.05, 3.63) is 23.9 Å². The summed E-state index contributed by atoms with van der Waals surface area (Å²) in [4.78, 5) is 14.7. The fourth-order valence-corrected chi connectivity index (χ4v) is 4.43. The van der Waals surface area contributed by atoms with Gasteiger partial charge in [-0.2, -0.15) is 0 Å². The zero-order valence-corrected chi connectivity index (χ0v) is 16.9. The predicted octanol–water partition coefficient (Wildman–Crippen LogP) is 3.24. The first-order valence-corrected chi connectivity index (χ1v) is 10.6. The molecule has 2 aromatic rings. The van der Waals surface area contributed by atoms with Crippen LogP contribution in [0.3, 0.4) is 0 Å². The van der Waals surface area contributed by atoms with Crippen LogP contribution in [0.1, 0.15) is 94.3 Å². The summed E-state index contributed by atoms with van der Waals surface area (Å²) in [6.45, 7) is 5.77. The van der Waals surface area contributed by atoms with E-state index in [-0.39, 0.29) is 11.8 Å². The van der Waals surface area contributed by atoms with Crippen molar-refractivity contribution in [2.24, 2.45) is 0 Å². The Labute approximate surface area is 165 Å². The predicted molar refractivity (Wildman–Crippen MR) is 103 cm³/mol. The molecule has 0 spiro atoms. The van der Waals surface area contributed by atoms with Crippen molar-refractivity contribution < 1.29 is 9.21 Å². The van der Waals surface area contributed by atoms with Crippen LogP contribution in [0.4, 0.5) is 0 Å². The Morgan fingerprint density at radius 1 is 1.14 bits per heavy atom. The second kappa shape index (κ2) is 8.41. The highest BCUT2D eigenvalue weighted by Crippen LogP contribution is 2.33. The Balaban J connectivity index is 1.32. The quantitative estimate of drug-likeness (QED) is 0.757. The van der Waals surface area contributed by atoms with Crippen LogP contribution in [0, 0.1) is 0 Å². The molecule has 4 rings (SSSR count). The lowest BCUT2D eigenvalue weighted by Gasteiger charge is -2.32. The minimum absolute atomic E-state index is 0.154.